The van der Waals surface area contributed by atoms with E-state index in [1.807, 2.05) is 46.8 Å². The molecule has 16 heavy (non-hydrogen) atoms. The van der Waals surface area contributed by atoms with Crippen LogP contribution < -0.4 is 5.32 Å². The lowest BCUT2D eigenvalue weighted by Gasteiger charge is -2.02. The van der Waals surface area contributed by atoms with Crippen molar-refractivity contribution in [2.24, 2.45) is 4.99 Å². The van der Waals surface area contributed by atoms with E-state index in [4.69, 9.17) is 0 Å². The molecule has 0 fully saturated rings. The summed E-state index contributed by atoms with van der Waals surface area (Å²) >= 11 is 0. The van der Waals surface area contributed by atoms with Gasteiger partial charge in [0.1, 0.15) is 5.71 Å². The molecule has 0 spiro atoms. The van der Waals surface area contributed by atoms with Crippen LogP contribution in [0, 0.1) is 0 Å². The van der Waals surface area contributed by atoms with Crippen molar-refractivity contribution >= 4 is 11.6 Å². The quantitative estimate of drug-likeness (QED) is 0.732. The van der Waals surface area contributed by atoms with E-state index in [0.29, 0.717) is 5.71 Å². The van der Waals surface area contributed by atoms with E-state index in [1.165, 1.54) is 0 Å². The highest BCUT2D eigenvalue weighted by Gasteiger charge is 2.09. The van der Waals surface area contributed by atoms with Gasteiger partial charge in [0.05, 0.1) is 0 Å². The van der Waals surface area contributed by atoms with E-state index in [2.05, 4.69) is 10.3 Å². The monoisotopic (exact) mass is 224 g/mol. The molecule has 92 valence electrons. The standard InChI is InChI=1S/C11H18N2O.C2H6/c1-5-7-8-13-10(9(3)6-2)11(14)12-4;1-2/h6-8H,5H2,1-4H3,(H,12,14);1-2H3/b8-7-,9-6-,13-10+;. The third kappa shape index (κ3) is 6.98. The molecule has 0 aliphatic carbocycles. The van der Waals surface area contributed by atoms with Crippen LogP contribution in [-0.4, -0.2) is 18.7 Å². The fourth-order valence-electron chi connectivity index (χ4n) is 0.827. The fraction of sp³-hybridized carbons (Fsp3) is 0.538. The van der Waals surface area contributed by atoms with Gasteiger partial charge >= 0.3 is 0 Å². The molecule has 0 rings (SSSR count). The second-order valence-electron chi connectivity index (χ2n) is 2.82. The molecule has 0 aliphatic rings. The molecule has 0 radical (unpaired) electrons. The first-order valence-electron chi connectivity index (χ1n) is 5.75. The molecule has 0 atom stereocenters. The molecule has 0 aromatic rings. The van der Waals surface area contributed by atoms with Crippen molar-refractivity contribution in [2.45, 2.75) is 41.0 Å². The fourth-order valence-corrected chi connectivity index (χ4v) is 0.827. The minimum Gasteiger partial charge on any atom is -0.354 e. The number of nitrogens with zero attached hydrogens (tertiary/aromatic N) is 1. The van der Waals surface area contributed by atoms with Crippen LogP contribution >= 0.6 is 0 Å². The predicted octanol–water partition coefficient (Wildman–Crippen LogP) is 3.09. The third-order valence-electron chi connectivity index (χ3n) is 1.79. The maximum atomic E-state index is 11.4. The number of aliphatic imine (C=N–C) groups is 1. The number of rotatable bonds is 4. The largest absolute Gasteiger partial charge is 0.354 e. The molecule has 0 aromatic carbocycles. The molecule has 0 bridgehead atoms. The van der Waals surface area contributed by atoms with Crippen molar-refractivity contribution in [3.63, 3.8) is 0 Å². The minimum atomic E-state index is -0.152. The van der Waals surface area contributed by atoms with Crippen molar-refractivity contribution in [3.8, 4) is 0 Å². The molecule has 3 nitrogen and oxygen atoms in total. The second-order valence-corrected chi connectivity index (χ2v) is 2.82. The minimum absolute atomic E-state index is 0.152. The number of nitrogens with one attached hydrogen (secondary N) is 1. The molecule has 3 heteroatoms. The van der Waals surface area contributed by atoms with Gasteiger partial charge in [0.25, 0.3) is 5.91 Å². The Hall–Kier alpha value is -1.38. The van der Waals surface area contributed by atoms with Crippen LogP contribution in [0.1, 0.15) is 41.0 Å². The first-order chi connectivity index (χ1) is 7.67. The Bertz CT molecular complexity index is 276. The van der Waals surface area contributed by atoms with Gasteiger partial charge in [-0.1, -0.05) is 32.9 Å². The number of hydrogen-bond acceptors (Lipinski definition) is 2. The van der Waals surface area contributed by atoms with Gasteiger partial charge in [-0.05, 0) is 25.8 Å². The van der Waals surface area contributed by atoms with Gasteiger partial charge < -0.3 is 5.32 Å². The van der Waals surface area contributed by atoms with Crippen molar-refractivity contribution in [1.29, 1.82) is 0 Å². The van der Waals surface area contributed by atoms with Crippen molar-refractivity contribution in [2.75, 3.05) is 7.05 Å². The Morgan fingerprint density at radius 2 is 1.94 bits per heavy atom. The summed E-state index contributed by atoms with van der Waals surface area (Å²) in [7, 11) is 1.60. The highest BCUT2D eigenvalue weighted by Crippen LogP contribution is 1.98. The Morgan fingerprint density at radius 1 is 1.38 bits per heavy atom. The average Bonchev–Trinajstić information content (AvgIpc) is 2.35. The van der Waals surface area contributed by atoms with E-state index in [1.54, 1.807) is 13.2 Å². The first-order valence-corrected chi connectivity index (χ1v) is 5.75. The SMILES string of the molecule is CC.C\C=C(C)/C(=N\C=C/CC)C(=O)NC. The summed E-state index contributed by atoms with van der Waals surface area (Å²) in [5.74, 6) is -0.152. The van der Waals surface area contributed by atoms with E-state index in [0.717, 1.165) is 12.0 Å². The highest BCUT2D eigenvalue weighted by molar-refractivity contribution is 6.45. The van der Waals surface area contributed by atoms with Crippen molar-refractivity contribution in [1.82, 2.24) is 5.32 Å². The van der Waals surface area contributed by atoms with E-state index in [9.17, 15) is 4.79 Å². The number of carbonyl (C=O) groups excluding carboxylic acids is 1. The molecule has 0 aromatic heterocycles. The van der Waals surface area contributed by atoms with Gasteiger partial charge in [0, 0.05) is 13.2 Å². The number of allylic oxidation sites excluding steroid dienone is 2. The lowest BCUT2D eigenvalue weighted by molar-refractivity contribution is -0.114. The maximum Gasteiger partial charge on any atom is 0.269 e. The molecule has 0 saturated carbocycles. The summed E-state index contributed by atoms with van der Waals surface area (Å²) in [6.07, 6.45) is 6.36. The zero-order valence-electron chi connectivity index (χ0n) is 11.3. The Morgan fingerprint density at radius 3 is 2.31 bits per heavy atom. The van der Waals surface area contributed by atoms with E-state index in [-0.39, 0.29) is 5.91 Å². The van der Waals surface area contributed by atoms with Crippen molar-refractivity contribution in [3.05, 3.63) is 23.9 Å². The summed E-state index contributed by atoms with van der Waals surface area (Å²) in [6, 6.07) is 0. The van der Waals surface area contributed by atoms with Crippen LogP contribution in [0.4, 0.5) is 0 Å². The smallest absolute Gasteiger partial charge is 0.269 e. The lowest BCUT2D eigenvalue weighted by atomic mass is 10.1. The number of amides is 1. The average molecular weight is 224 g/mol. The summed E-state index contributed by atoms with van der Waals surface area (Å²) < 4.78 is 0. The number of carbonyl (C=O) groups is 1. The van der Waals surface area contributed by atoms with Crippen molar-refractivity contribution < 1.29 is 4.79 Å². The Balaban J connectivity index is 0. The highest BCUT2D eigenvalue weighted by atomic mass is 16.1. The molecule has 0 saturated heterocycles. The van der Waals surface area contributed by atoms with Crippen LogP contribution in [0.2, 0.25) is 0 Å². The first kappa shape index (κ1) is 17.0. The predicted molar refractivity (Wildman–Crippen MR) is 71.7 cm³/mol. The molecule has 0 heterocycles. The molecule has 0 unspecified atom stereocenters. The van der Waals surface area contributed by atoms with Crippen LogP contribution in [0.3, 0.4) is 0 Å². The van der Waals surface area contributed by atoms with Gasteiger partial charge in [0.15, 0.2) is 0 Å². The molecular weight excluding hydrogens is 200 g/mol. The van der Waals surface area contributed by atoms with Crippen LogP contribution in [-0.2, 0) is 4.79 Å². The van der Waals surface area contributed by atoms with Gasteiger partial charge in [-0.15, -0.1) is 0 Å². The van der Waals surface area contributed by atoms with Gasteiger partial charge in [0.2, 0.25) is 0 Å². The molecule has 1 amide bonds. The zero-order valence-corrected chi connectivity index (χ0v) is 11.3. The van der Waals surface area contributed by atoms with Gasteiger partial charge in [-0.2, -0.15) is 0 Å². The topological polar surface area (TPSA) is 41.5 Å². The maximum absolute atomic E-state index is 11.4. The van der Waals surface area contributed by atoms with Crippen LogP contribution in [0.15, 0.2) is 28.9 Å². The molecular formula is C13H24N2O. The summed E-state index contributed by atoms with van der Waals surface area (Å²) in [5, 5.41) is 2.56. The molecule has 0 aliphatic heterocycles. The van der Waals surface area contributed by atoms with E-state index >= 15 is 0 Å². The van der Waals surface area contributed by atoms with E-state index < -0.39 is 0 Å². The van der Waals surface area contributed by atoms with Crippen LogP contribution in [0.5, 0.6) is 0 Å². The van der Waals surface area contributed by atoms with Gasteiger partial charge in [-0.3, -0.25) is 9.79 Å². The van der Waals surface area contributed by atoms with Crippen LogP contribution in [0.25, 0.3) is 0 Å². The summed E-state index contributed by atoms with van der Waals surface area (Å²) in [4.78, 5) is 15.5. The van der Waals surface area contributed by atoms with Gasteiger partial charge in [-0.25, -0.2) is 0 Å². The lowest BCUT2D eigenvalue weighted by Crippen LogP contribution is -2.28. The molecule has 1 N–H and O–H groups in total. The Labute approximate surface area is 99.4 Å². The summed E-state index contributed by atoms with van der Waals surface area (Å²) in [5.41, 5.74) is 1.35. The second kappa shape index (κ2) is 11.7. The normalized spacial score (nSPS) is 12.1. The Kier molecular flexibility index (Phi) is 12.4. The number of hydrogen-bond donors (Lipinski definition) is 1. The third-order valence-corrected chi connectivity index (χ3v) is 1.79. The summed E-state index contributed by atoms with van der Waals surface area (Å²) in [6.45, 7) is 9.78. The zero-order chi connectivity index (χ0) is 13.0.